The zero-order valence-corrected chi connectivity index (χ0v) is 14.6. The Kier molecular flexibility index (Phi) is 5.22. The molecule has 0 bridgehead atoms. The van der Waals surface area contributed by atoms with Crippen molar-refractivity contribution in [3.63, 3.8) is 0 Å². The molecule has 1 N–H and O–H groups in total. The first-order valence-corrected chi connectivity index (χ1v) is 8.99. The number of rotatable bonds is 4. The van der Waals surface area contributed by atoms with Crippen molar-refractivity contribution < 1.29 is 17.9 Å². The third kappa shape index (κ3) is 4.54. The highest BCUT2D eigenvalue weighted by Gasteiger charge is 2.36. The maximum absolute atomic E-state index is 12.9. The molecule has 0 aromatic heterocycles. The number of benzene rings is 1. The van der Waals surface area contributed by atoms with Gasteiger partial charge in [-0.15, -0.1) is 0 Å². The zero-order chi connectivity index (χ0) is 17.8. The van der Waals surface area contributed by atoms with Crippen LogP contribution in [0.3, 0.4) is 0 Å². The van der Waals surface area contributed by atoms with Crippen LogP contribution in [0.15, 0.2) is 65.1 Å². The lowest BCUT2D eigenvalue weighted by atomic mass is 10.1. The van der Waals surface area contributed by atoms with Crippen molar-refractivity contribution in [1.82, 2.24) is 5.32 Å². The van der Waals surface area contributed by atoms with Gasteiger partial charge in [0.2, 0.25) is 15.2 Å². The van der Waals surface area contributed by atoms with Gasteiger partial charge in [0.05, 0.1) is 11.0 Å². The molecular weight excluding hydrogens is 326 g/mol. The first-order chi connectivity index (χ1) is 11.2. The standard InChI is InChI=1S/C18H19NO4S/c1-18(2,3)23-17(20)19-16(14-10-6-4-7-11-14)24(21,22)15-12-8-5-9-13-15/h4-6,8-13,16H,1-3H3/p+1. The molecular formula is C18H20NO4S+. The van der Waals surface area contributed by atoms with Gasteiger partial charge >= 0.3 is 6.09 Å². The number of nitrogens with one attached hydrogen (secondary N) is 1. The minimum atomic E-state index is -3.84. The van der Waals surface area contributed by atoms with E-state index >= 15 is 0 Å². The summed E-state index contributed by atoms with van der Waals surface area (Å²) in [7, 11) is -3.84. The van der Waals surface area contributed by atoms with Crippen LogP contribution in [0.25, 0.3) is 0 Å². The minimum absolute atomic E-state index is 0.120. The number of allylic oxidation sites excluding steroid dienone is 4. The Morgan fingerprint density at radius 2 is 1.88 bits per heavy atom. The summed E-state index contributed by atoms with van der Waals surface area (Å²) in [4.78, 5) is 12.2. The molecule has 126 valence electrons. The molecule has 1 aliphatic carbocycles. The molecule has 1 aromatic rings. The highest BCUT2D eigenvalue weighted by molar-refractivity contribution is 7.92. The summed E-state index contributed by atoms with van der Waals surface area (Å²) in [6.07, 6.45) is 8.51. The second-order valence-corrected chi connectivity index (χ2v) is 8.25. The van der Waals surface area contributed by atoms with Crippen molar-refractivity contribution in [3.05, 3.63) is 66.3 Å². The van der Waals surface area contributed by atoms with E-state index in [9.17, 15) is 13.2 Å². The van der Waals surface area contributed by atoms with Gasteiger partial charge < -0.3 is 4.74 Å². The van der Waals surface area contributed by atoms with E-state index in [4.69, 9.17) is 4.74 Å². The summed E-state index contributed by atoms with van der Waals surface area (Å²) in [5, 5.41) is 1.20. The normalized spacial score (nSPS) is 15.2. The molecule has 1 amide bonds. The highest BCUT2D eigenvalue weighted by Crippen LogP contribution is 2.22. The predicted molar refractivity (Wildman–Crippen MR) is 91.8 cm³/mol. The SMILES string of the molecule is CC(C)(C)OC(=O)NC(C1=CC=C[C+]=C1)S(=O)(=O)c1ccccc1. The lowest BCUT2D eigenvalue weighted by Crippen LogP contribution is -2.44. The Balaban J connectivity index is 2.37. The average Bonchev–Trinajstić information content (AvgIpc) is 2.52. The maximum atomic E-state index is 12.9. The smallest absolute Gasteiger partial charge is 0.409 e. The summed E-state index contributed by atoms with van der Waals surface area (Å²) in [5.74, 6) is 0. The van der Waals surface area contributed by atoms with Gasteiger partial charge in [-0.25, -0.2) is 13.2 Å². The van der Waals surface area contributed by atoms with Gasteiger partial charge in [0.25, 0.3) is 0 Å². The van der Waals surface area contributed by atoms with Gasteiger partial charge in [0.15, 0.2) is 0 Å². The Morgan fingerprint density at radius 3 is 2.42 bits per heavy atom. The van der Waals surface area contributed by atoms with Gasteiger partial charge in [-0.1, -0.05) is 18.2 Å². The quantitative estimate of drug-likeness (QED) is 0.850. The van der Waals surface area contributed by atoms with Crippen LogP contribution in [0, 0.1) is 6.08 Å². The van der Waals surface area contributed by atoms with E-state index in [-0.39, 0.29) is 4.90 Å². The third-order valence-electron chi connectivity index (χ3n) is 3.06. The minimum Gasteiger partial charge on any atom is -0.444 e. The van der Waals surface area contributed by atoms with Gasteiger partial charge in [-0.3, -0.25) is 5.32 Å². The van der Waals surface area contributed by atoms with Crippen LogP contribution in [0.2, 0.25) is 0 Å². The Morgan fingerprint density at radius 1 is 1.21 bits per heavy atom. The number of sulfone groups is 1. The van der Waals surface area contributed by atoms with E-state index < -0.39 is 26.9 Å². The number of hydrogen-bond donors (Lipinski definition) is 1. The van der Waals surface area contributed by atoms with E-state index in [1.165, 1.54) is 18.2 Å². The van der Waals surface area contributed by atoms with Crippen LogP contribution in [-0.4, -0.2) is 25.5 Å². The van der Waals surface area contributed by atoms with Crippen molar-refractivity contribution in [2.75, 3.05) is 0 Å². The molecule has 24 heavy (non-hydrogen) atoms. The Hall–Kier alpha value is -2.43. The molecule has 5 nitrogen and oxygen atoms in total. The Bertz CT molecular complexity index is 784. The molecule has 0 aliphatic heterocycles. The van der Waals surface area contributed by atoms with Gasteiger partial charge in [0, 0.05) is 12.2 Å². The summed E-state index contributed by atoms with van der Waals surface area (Å²) >= 11 is 0. The van der Waals surface area contributed by atoms with E-state index in [2.05, 4.69) is 11.4 Å². The van der Waals surface area contributed by atoms with E-state index in [1.54, 1.807) is 57.2 Å². The highest BCUT2D eigenvalue weighted by atomic mass is 32.2. The molecule has 0 radical (unpaired) electrons. The fourth-order valence-electron chi connectivity index (χ4n) is 2.07. The van der Waals surface area contributed by atoms with Gasteiger partial charge in [0.1, 0.15) is 23.3 Å². The molecule has 0 spiro atoms. The third-order valence-corrected chi connectivity index (χ3v) is 5.00. The molecule has 2 rings (SSSR count). The van der Waals surface area contributed by atoms with Crippen molar-refractivity contribution in [2.24, 2.45) is 0 Å². The molecule has 6 heteroatoms. The fourth-order valence-corrected chi connectivity index (χ4v) is 3.64. The molecule has 1 aliphatic rings. The summed E-state index contributed by atoms with van der Waals surface area (Å²) in [5.41, 5.74) is -0.319. The van der Waals surface area contributed by atoms with Crippen LogP contribution in [-0.2, 0) is 14.6 Å². The molecule has 1 atom stereocenters. The van der Waals surface area contributed by atoms with Crippen LogP contribution < -0.4 is 5.32 Å². The van der Waals surface area contributed by atoms with Crippen molar-refractivity contribution in [1.29, 1.82) is 0 Å². The van der Waals surface area contributed by atoms with Gasteiger partial charge in [-0.05, 0) is 32.9 Å². The molecule has 0 saturated carbocycles. The number of alkyl carbamates (subject to hydrolysis) is 1. The fraction of sp³-hybridized carbons (Fsp3) is 0.278. The second kappa shape index (κ2) is 6.99. The number of carbonyl (C=O) groups excluding carboxylic acids is 1. The first-order valence-electron chi connectivity index (χ1n) is 7.44. The predicted octanol–water partition coefficient (Wildman–Crippen LogP) is 3.17. The molecule has 0 heterocycles. The molecule has 0 fully saturated rings. The topological polar surface area (TPSA) is 72.5 Å². The molecule has 1 unspecified atom stereocenters. The largest absolute Gasteiger partial charge is 0.444 e. The summed E-state index contributed by atoms with van der Waals surface area (Å²) < 4.78 is 31.1. The van der Waals surface area contributed by atoms with E-state index in [1.807, 2.05) is 0 Å². The van der Waals surface area contributed by atoms with Gasteiger partial charge in [-0.2, -0.15) is 0 Å². The van der Waals surface area contributed by atoms with Crippen LogP contribution in [0.5, 0.6) is 0 Å². The van der Waals surface area contributed by atoms with Crippen molar-refractivity contribution in [2.45, 2.75) is 36.6 Å². The number of hydrogen-bond acceptors (Lipinski definition) is 4. The lowest BCUT2D eigenvalue weighted by Gasteiger charge is -2.22. The maximum Gasteiger partial charge on any atom is 0.409 e. The first kappa shape index (κ1) is 17.9. The van der Waals surface area contributed by atoms with Crippen LogP contribution >= 0.6 is 0 Å². The Labute approximate surface area is 142 Å². The monoisotopic (exact) mass is 346 g/mol. The second-order valence-electron chi connectivity index (χ2n) is 6.22. The van der Waals surface area contributed by atoms with Crippen molar-refractivity contribution in [3.8, 4) is 0 Å². The lowest BCUT2D eigenvalue weighted by molar-refractivity contribution is 0.0525. The summed E-state index contributed by atoms with van der Waals surface area (Å²) in [6.45, 7) is 5.14. The molecule has 1 aromatic carbocycles. The van der Waals surface area contributed by atoms with E-state index in [0.29, 0.717) is 5.57 Å². The van der Waals surface area contributed by atoms with Crippen LogP contribution in [0.1, 0.15) is 20.8 Å². The zero-order valence-electron chi connectivity index (χ0n) is 13.8. The van der Waals surface area contributed by atoms with E-state index in [0.717, 1.165) is 0 Å². The summed E-state index contributed by atoms with van der Waals surface area (Å²) in [6, 6.07) is 7.98. The van der Waals surface area contributed by atoms with Crippen LogP contribution in [0.4, 0.5) is 4.79 Å². The number of carbonyl (C=O) groups is 1. The molecule has 0 saturated heterocycles. The number of amides is 1. The van der Waals surface area contributed by atoms with Crippen molar-refractivity contribution >= 4 is 15.9 Å². The number of ether oxygens (including phenoxy) is 1. The average molecular weight is 346 g/mol.